The average Bonchev–Trinajstić information content (AvgIpc) is 2.95. The molecule has 3 aliphatic rings. The largest absolute Gasteiger partial charge is 0.481 e. The predicted molar refractivity (Wildman–Crippen MR) is 71.2 cm³/mol. The molecule has 0 aromatic rings. The highest BCUT2D eigenvalue weighted by atomic mass is 16.5. The maximum absolute atomic E-state index is 12.0. The van der Waals surface area contributed by atoms with Crippen LogP contribution in [-0.4, -0.2) is 41.9 Å². The Balaban J connectivity index is 1.46. The van der Waals surface area contributed by atoms with Crippen molar-refractivity contribution in [2.24, 2.45) is 11.8 Å². The first kappa shape index (κ1) is 13.4. The van der Waals surface area contributed by atoms with Gasteiger partial charge in [-0.3, -0.25) is 4.79 Å². The summed E-state index contributed by atoms with van der Waals surface area (Å²) in [7, 11) is 0. The van der Waals surface area contributed by atoms with Crippen molar-refractivity contribution in [3.63, 3.8) is 0 Å². The fourth-order valence-corrected chi connectivity index (χ4v) is 3.02. The highest BCUT2D eigenvalue weighted by Gasteiger charge is 2.41. The summed E-state index contributed by atoms with van der Waals surface area (Å²) in [6, 6.07) is -0.340. The molecule has 6 nitrogen and oxygen atoms in total. The van der Waals surface area contributed by atoms with Crippen LogP contribution in [0.2, 0.25) is 0 Å². The van der Waals surface area contributed by atoms with Crippen LogP contribution in [0.4, 0.5) is 4.79 Å². The maximum Gasteiger partial charge on any atom is 0.315 e. The van der Waals surface area contributed by atoms with Crippen LogP contribution in [0.25, 0.3) is 0 Å². The standard InChI is InChI=1S/C14H20N2O4/c17-13(18)9-3-4-10(7-9)15-14(19)16-11-5-6-20-12(11)8-1-2-8/h3-4,8-12H,1-2,5-7H2,(H,17,18)(H2,15,16,19). The molecule has 2 amide bonds. The van der Waals surface area contributed by atoms with Crippen molar-refractivity contribution in [2.45, 2.75) is 43.9 Å². The number of ether oxygens (including phenoxy) is 1. The normalized spacial score (nSPS) is 36.0. The highest BCUT2D eigenvalue weighted by molar-refractivity contribution is 5.76. The van der Waals surface area contributed by atoms with Gasteiger partial charge in [0.05, 0.1) is 24.1 Å². The van der Waals surface area contributed by atoms with Gasteiger partial charge in [0, 0.05) is 6.61 Å². The van der Waals surface area contributed by atoms with Crippen LogP contribution in [0.15, 0.2) is 12.2 Å². The monoisotopic (exact) mass is 280 g/mol. The summed E-state index contributed by atoms with van der Waals surface area (Å²) in [6.45, 7) is 0.705. The molecule has 0 aromatic heterocycles. The molecule has 4 unspecified atom stereocenters. The third-order valence-corrected chi connectivity index (χ3v) is 4.26. The minimum absolute atomic E-state index is 0.0863. The van der Waals surface area contributed by atoms with Crippen LogP contribution in [0.3, 0.4) is 0 Å². The first-order valence-electron chi connectivity index (χ1n) is 7.23. The van der Waals surface area contributed by atoms with E-state index in [1.165, 1.54) is 12.8 Å². The number of amides is 2. The van der Waals surface area contributed by atoms with E-state index in [0.717, 1.165) is 6.42 Å². The van der Waals surface area contributed by atoms with Crippen molar-refractivity contribution in [1.82, 2.24) is 10.6 Å². The summed E-state index contributed by atoms with van der Waals surface area (Å²) in [6.07, 6.45) is 7.21. The van der Waals surface area contributed by atoms with Crippen molar-refractivity contribution < 1.29 is 19.4 Å². The number of carbonyl (C=O) groups is 2. The first-order chi connectivity index (χ1) is 9.63. The number of hydrogen-bond donors (Lipinski definition) is 3. The molecule has 3 N–H and O–H groups in total. The summed E-state index contributed by atoms with van der Waals surface area (Å²) in [5.74, 6) is -0.733. The first-order valence-corrected chi connectivity index (χ1v) is 7.23. The van der Waals surface area contributed by atoms with Gasteiger partial charge in [0.25, 0.3) is 0 Å². The van der Waals surface area contributed by atoms with Crippen molar-refractivity contribution in [2.75, 3.05) is 6.61 Å². The van der Waals surface area contributed by atoms with Crippen molar-refractivity contribution in [3.8, 4) is 0 Å². The Morgan fingerprint density at radius 1 is 1.15 bits per heavy atom. The molecule has 1 saturated carbocycles. The lowest BCUT2D eigenvalue weighted by Gasteiger charge is -2.21. The zero-order valence-electron chi connectivity index (χ0n) is 11.2. The van der Waals surface area contributed by atoms with Gasteiger partial charge in [-0.1, -0.05) is 12.2 Å². The van der Waals surface area contributed by atoms with Crippen LogP contribution in [0, 0.1) is 11.8 Å². The topological polar surface area (TPSA) is 87.7 Å². The Morgan fingerprint density at radius 2 is 1.95 bits per heavy atom. The van der Waals surface area contributed by atoms with E-state index in [4.69, 9.17) is 9.84 Å². The van der Waals surface area contributed by atoms with Crippen molar-refractivity contribution >= 4 is 12.0 Å². The van der Waals surface area contributed by atoms with Gasteiger partial charge in [-0.05, 0) is 31.6 Å². The SMILES string of the molecule is O=C(NC1C=CC(C(=O)O)C1)NC1CCOC1C1CC1. The van der Waals surface area contributed by atoms with E-state index in [1.807, 2.05) is 0 Å². The summed E-state index contributed by atoms with van der Waals surface area (Å²) >= 11 is 0. The fraction of sp³-hybridized carbons (Fsp3) is 0.714. The van der Waals surface area contributed by atoms with Crippen LogP contribution in [-0.2, 0) is 9.53 Å². The van der Waals surface area contributed by atoms with Gasteiger partial charge in [-0.15, -0.1) is 0 Å². The van der Waals surface area contributed by atoms with Crippen LogP contribution >= 0.6 is 0 Å². The quantitative estimate of drug-likeness (QED) is 0.667. The van der Waals surface area contributed by atoms with Crippen LogP contribution in [0.5, 0.6) is 0 Å². The van der Waals surface area contributed by atoms with Crippen molar-refractivity contribution in [1.29, 1.82) is 0 Å². The summed E-state index contributed by atoms with van der Waals surface area (Å²) in [5, 5.41) is 14.7. The second-order valence-corrected chi connectivity index (χ2v) is 5.86. The van der Waals surface area contributed by atoms with Gasteiger partial charge < -0.3 is 20.5 Å². The molecular formula is C14H20N2O4. The van der Waals surface area contributed by atoms with E-state index in [9.17, 15) is 9.59 Å². The Morgan fingerprint density at radius 3 is 2.60 bits per heavy atom. The summed E-state index contributed by atoms with van der Waals surface area (Å²) in [4.78, 5) is 22.8. The van der Waals surface area contributed by atoms with Crippen LogP contribution in [0.1, 0.15) is 25.7 Å². The number of rotatable bonds is 4. The zero-order chi connectivity index (χ0) is 14.1. The lowest BCUT2D eigenvalue weighted by atomic mass is 10.1. The second-order valence-electron chi connectivity index (χ2n) is 5.86. The van der Waals surface area contributed by atoms with Gasteiger partial charge in [0.15, 0.2) is 0 Å². The molecule has 2 aliphatic carbocycles. The molecule has 0 aromatic carbocycles. The number of carboxylic acids is 1. The number of hydrogen-bond acceptors (Lipinski definition) is 3. The Labute approximate surface area is 117 Å². The summed E-state index contributed by atoms with van der Waals surface area (Å²) in [5.41, 5.74) is 0. The Bertz CT molecular complexity index is 433. The van der Waals surface area contributed by atoms with E-state index in [1.54, 1.807) is 12.2 Å². The van der Waals surface area contributed by atoms with E-state index >= 15 is 0 Å². The fourth-order valence-electron chi connectivity index (χ4n) is 3.02. The molecule has 1 saturated heterocycles. The molecule has 20 heavy (non-hydrogen) atoms. The van der Waals surface area contributed by atoms with E-state index < -0.39 is 11.9 Å². The lowest BCUT2D eigenvalue weighted by molar-refractivity contribution is -0.140. The molecule has 2 fully saturated rings. The molecule has 1 heterocycles. The minimum Gasteiger partial charge on any atom is -0.481 e. The molecule has 0 radical (unpaired) electrons. The van der Waals surface area contributed by atoms with Gasteiger partial charge in [0.2, 0.25) is 0 Å². The third-order valence-electron chi connectivity index (χ3n) is 4.26. The van der Waals surface area contributed by atoms with Gasteiger partial charge in [0.1, 0.15) is 0 Å². The smallest absolute Gasteiger partial charge is 0.315 e. The Kier molecular flexibility index (Phi) is 3.65. The van der Waals surface area contributed by atoms with Gasteiger partial charge in [-0.2, -0.15) is 0 Å². The summed E-state index contributed by atoms with van der Waals surface area (Å²) < 4.78 is 5.67. The van der Waals surface area contributed by atoms with Crippen LogP contribution < -0.4 is 10.6 Å². The lowest BCUT2D eigenvalue weighted by Crippen LogP contribution is -2.48. The van der Waals surface area contributed by atoms with E-state index in [0.29, 0.717) is 18.9 Å². The second kappa shape index (κ2) is 5.44. The predicted octanol–water partition coefficient (Wildman–Crippen LogP) is 0.882. The molecule has 0 spiro atoms. The molecule has 3 rings (SSSR count). The Hall–Kier alpha value is -1.56. The van der Waals surface area contributed by atoms with Gasteiger partial charge >= 0.3 is 12.0 Å². The number of carboxylic acid groups (broad SMARTS) is 1. The molecule has 6 heteroatoms. The maximum atomic E-state index is 12.0. The number of nitrogens with one attached hydrogen (secondary N) is 2. The number of aliphatic carboxylic acids is 1. The van der Waals surface area contributed by atoms with E-state index in [2.05, 4.69) is 10.6 Å². The van der Waals surface area contributed by atoms with Gasteiger partial charge in [-0.25, -0.2) is 4.79 Å². The van der Waals surface area contributed by atoms with Crippen molar-refractivity contribution in [3.05, 3.63) is 12.2 Å². The molecular weight excluding hydrogens is 260 g/mol. The number of urea groups is 1. The molecule has 4 atom stereocenters. The molecule has 1 aliphatic heterocycles. The molecule has 0 bridgehead atoms. The average molecular weight is 280 g/mol. The third kappa shape index (κ3) is 2.95. The van der Waals surface area contributed by atoms with E-state index in [-0.39, 0.29) is 24.2 Å². The minimum atomic E-state index is -0.844. The number of carbonyl (C=O) groups excluding carboxylic acids is 1. The molecule has 110 valence electrons. The highest BCUT2D eigenvalue weighted by Crippen LogP contribution is 2.38. The zero-order valence-corrected chi connectivity index (χ0v) is 11.2.